The largest absolute Gasteiger partial charge is 0.300 e. The number of hydrogen-bond acceptors (Lipinski definition) is 2. The molecule has 3 aromatic rings. The van der Waals surface area contributed by atoms with E-state index in [-0.39, 0.29) is 0 Å². The van der Waals surface area contributed by atoms with Crippen molar-refractivity contribution in [1.82, 2.24) is 4.90 Å². The maximum absolute atomic E-state index is 2.47. The molecule has 0 N–H and O–H groups in total. The van der Waals surface area contributed by atoms with E-state index in [4.69, 9.17) is 0 Å². The van der Waals surface area contributed by atoms with Crippen molar-refractivity contribution in [2.45, 2.75) is 20.4 Å². The van der Waals surface area contributed by atoms with Crippen LogP contribution in [0.2, 0.25) is 0 Å². The van der Waals surface area contributed by atoms with Crippen LogP contribution < -0.4 is 0 Å². The molecule has 0 atom stereocenters. The molecule has 0 radical (unpaired) electrons. The molecule has 1 aromatic heterocycles. The molecule has 2 heteroatoms. The Kier molecular flexibility index (Phi) is 3.54. The minimum absolute atomic E-state index is 1.05. The van der Waals surface area contributed by atoms with E-state index in [1.165, 1.54) is 25.7 Å². The molecule has 2 aromatic carbocycles. The number of benzene rings is 2. The fourth-order valence-corrected chi connectivity index (χ4v) is 3.82. The first-order valence-electron chi connectivity index (χ1n) is 6.95. The van der Waals surface area contributed by atoms with Gasteiger partial charge in [-0.25, -0.2) is 0 Å². The smallest absolute Gasteiger partial charge is 0.0400 e. The van der Waals surface area contributed by atoms with Crippen LogP contribution in [-0.2, 0) is 6.54 Å². The van der Waals surface area contributed by atoms with E-state index in [0.717, 1.165) is 19.6 Å². The molecule has 0 aliphatic carbocycles. The molecule has 0 bridgehead atoms. The van der Waals surface area contributed by atoms with Crippen LogP contribution in [0.3, 0.4) is 0 Å². The highest BCUT2D eigenvalue weighted by atomic mass is 32.1. The molecule has 0 saturated heterocycles. The zero-order valence-electron chi connectivity index (χ0n) is 11.5. The monoisotopic (exact) mass is 269 g/mol. The fourth-order valence-electron chi connectivity index (χ4n) is 2.62. The van der Waals surface area contributed by atoms with Crippen LogP contribution in [0.1, 0.15) is 19.4 Å². The van der Waals surface area contributed by atoms with Crippen molar-refractivity contribution < 1.29 is 0 Å². The van der Waals surface area contributed by atoms with Crippen molar-refractivity contribution in [1.29, 1.82) is 0 Å². The van der Waals surface area contributed by atoms with E-state index in [2.05, 4.69) is 61.2 Å². The van der Waals surface area contributed by atoms with Gasteiger partial charge in [0.05, 0.1) is 0 Å². The van der Waals surface area contributed by atoms with E-state index in [0.29, 0.717) is 0 Å². The normalized spacial score (nSPS) is 11.7. The lowest BCUT2D eigenvalue weighted by Gasteiger charge is -2.18. The number of fused-ring (bicyclic) bond motifs is 3. The topological polar surface area (TPSA) is 3.24 Å². The van der Waals surface area contributed by atoms with E-state index in [9.17, 15) is 0 Å². The Hall–Kier alpha value is -1.38. The Balaban J connectivity index is 2.15. The molecule has 98 valence electrons. The number of thiophene rings is 1. The third-order valence-corrected chi connectivity index (χ3v) is 5.04. The van der Waals surface area contributed by atoms with Crippen molar-refractivity contribution in [2.75, 3.05) is 13.1 Å². The predicted molar refractivity (Wildman–Crippen MR) is 86.0 cm³/mol. The van der Waals surface area contributed by atoms with E-state index >= 15 is 0 Å². The van der Waals surface area contributed by atoms with Gasteiger partial charge < -0.3 is 0 Å². The Labute approximate surface area is 118 Å². The summed E-state index contributed by atoms with van der Waals surface area (Å²) in [5, 5.41) is 2.80. The molecular formula is C17H19NS. The first kappa shape index (κ1) is 12.6. The van der Waals surface area contributed by atoms with Gasteiger partial charge in [-0.2, -0.15) is 0 Å². The zero-order chi connectivity index (χ0) is 13.2. The fraction of sp³-hybridized carbons (Fsp3) is 0.294. The average Bonchev–Trinajstić information content (AvgIpc) is 2.84. The van der Waals surface area contributed by atoms with Crippen LogP contribution in [-0.4, -0.2) is 18.0 Å². The highest BCUT2D eigenvalue weighted by Gasteiger charge is 2.09. The van der Waals surface area contributed by atoms with Gasteiger partial charge in [0.2, 0.25) is 0 Å². The summed E-state index contributed by atoms with van der Waals surface area (Å²) in [7, 11) is 0. The minimum Gasteiger partial charge on any atom is -0.300 e. The number of hydrogen-bond donors (Lipinski definition) is 0. The third-order valence-electron chi connectivity index (χ3n) is 3.77. The second kappa shape index (κ2) is 5.32. The predicted octanol–water partition coefficient (Wildman–Crippen LogP) is 4.90. The average molecular weight is 269 g/mol. The Morgan fingerprint density at radius 1 is 0.895 bits per heavy atom. The highest BCUT2D eigenvalue weighted by Crippen LogP contribution is 2.35. The van der Waals surface area contributed by atoms with E-state index < -0.39 is 0 Å². The second-order valence-corrected chi connectivity index (χ2v) is 5.91. The first-order valence-corrected chi connectivity index (χ1v) is 7.76. The summed E-state index contributed by atoms with van der Waals surface area (Å²) in [5.41, 5.74) is 1.46. The highest BCUT2D eigenvalue weighted by molar-refractivity contribution is 7.26. The van der Waals surface area contributed by atoms with Crippen LogP contribution in [0, 0.1) is 0 Å². The molecule has 0 aliphatic heterocycles. The molecule has 3 rings (SSSR count). The zero-order valence-corrected chi connectivity index (χ0v) is 12.3. The molecular weight excluding hydrogens is 250 g/mol. The second-order valence-electron chi connectivity index (χ2n) is 4.85. The lowest BCUT2D eigenvalue weighted by molar-refractivity contribution is 0.297. The van der Waals surface area contributed by atoms with Crippen LogP contribution >= 0.6 is 11.3 Å². The summed E-state index contributed by atoms with van der Waals surface area (Å²) >= 11 is 1.92. The van der Waals surface area contributed by atoms with Gasteiger partial charge in [-0.3, -0.25) is 4.90 Å². The van der Waals surface area contributed by atoms with Crippen molar-refractivity contribution in [2.24, 2.45) is 0 Å². The van der Waals surface area contributed by atoms with Crippen molar-refractivity contribution >= 4 is 31.5 Å². The third kappa shape index (κ3) is 2.26. The van der Waals surface area contributed by atoms with Crippen LogP contribution in [0.5, 0.6) is 0 Å². The molecule has 0 unspecified atom stereocenters. The van der Waals surface area contributed by atoms with Crippen molar-refractivity contribution in [3.63, 3.8) is 0 Å². The van der Waals surface area contributed by atoms with Crippen molar-refractivity contribution in [3.8, 4) is 0 Å². The molecule has 0 aliphatic rings. The lowest BCUT2D eigenvalue weighted by atomic mass is 10.1. The molecule has 0 amide bonds. The number of nitrogens with zero attached hydrogens (tertiary/aromatic N) is 1. The van der Waals surface area contributed by atoms with Crippen LogP contribution in [0.4, 0.5) is 0 Å². The van der Waals surface area contributed by atoms with E-state index in [1.807, 2.05) is 11.3 Å². The summed E-state index contributed by atoms with van der Waals surface area (Å²) in [5.74, 6) is 0. The van der Waals surface area contributed by atoms with Crippen molar-refractivity contribution in [3.05, 3.63) is 48.0 Å². The lowest BCUT2D eigenvalue weighted by Crippen LogP contribution is -2.22. The standard InChI is InChI=1S/C17H19NS/c1-3-18(4-2)12-13-8-7-10-15-14-9-5-6-11-16(14)19-17(13)15/h5-11H,3-4,12H2,1-2H3. The van der Waals surface area contributed by atoms with Gasteiger partial charge in [0.1, 0.15) is 0 Å². The summed E-state index contributed by atoms with van der Waals surface area (Å²) < 4.78 is 2.85. The summed E-state index contributed by atoms with van der Waals surface area (Å²) in [6.07, 6.45) is 0. The van der Waals surface area contributed by atoms with Gasteiger partial charge in [0.15, 0.2) is 0 Å². The van der Waals surface area contributed by atoms with Gasteiger partial charge >= 0.3 is 0 Å². The summed E-state index contributed by atoms with van der Waals surface area (Å²) in [4.78, 5) is 2.47. The molecule has 1 nitrogen and oxygen atoms in total. The maximum Gasteiger partial charge on any atom is 0.0400 e. The number of rotatable bonds is 4. The Morgan fingerprint density at radius 2 is 1.63 bits per heavy atom. The van der Waals surface area contributed by atoms with Crippen LogP contribution in [0.25, 0.3) is 20.2 Å². The van der Waals surface area contributed by atoms with Gasteiger partial charge in [0.25, 0.3) is 0 Å². The molecule has 1 heterocycles. The van der Waals surface area contributed by atoms with Gasteiger partial charge in [-0.05, 0) is 24.7 Å². The van der Waals surface area contributed by atoms with Gasteiger partial charge in [-0.1, -0.05) is 50.2 Å². The minimum atomic E-state index is 1.05. The molecule has 0 spiro atoms. The van der Waals surface area contributed by atoms with Gasteiger partial charge in [-0.15, -0.1) is 11.3 Å². The van der Waals surface area contributed by atoms with E-state index in [1.54, 1.807) is 0 Å². The summed E-state index contributed by atoms with van der Waals surface area (Å²) in [6.45, 7) is 7.73. The maximum atomic E-state index is 2.47. The molecule has 0 fully saturated rings. The van der Waals surface area contributed by atoms with Crippen LogP contribution in [0.15, 0.2) is 42.5 Å². The molecule has 0 saturated carbocycles. The summed E-state index contributed by atoms with van der Waals surface area (Å²) in [6, 6.07) is 15.4. The Morgan fingerprint density at radius 3 is 2.42 bits per heavy atom. The molecule has 19 heavy (non-hydrogen) atoms. The van der Waals surface area contributed by atoms with Gasteiger partial charge in [0, 0.05) is 26.7 Å². The SMILES string of the molecule is CCN(CC)Cc1cccc2c1sc1ccccc12. The quantitative estimate of drug-likeness (QED) is 0.651. The first-order chi connectivity index (χ1) is 9.33. The Bertz CT molecular complexity index is 695.